The van der Waals surface area contributed by atoms with Gasteiger partial charge in [-0.05, 0) is 61.5 Å². The highest BCUT2D eigenvalue weighted by Gasteiger charge is 2.35. The van der Waals surface area contributed by atoms with Crippen LogP contribution >= 0.6 is 15.9 Å². The molecule has 3 rings (SSSR count). The Morgan fingerprint density at radius 2 is 2.30 bits per heavy atom. The van der Waals surface area contributed by atoms with Gasteiger partial charge in [-0.3, -0.25) is 4.90 Å². The van der Waals surface area contributed by atoms with Gasteiger partial charge in [0, 0.05) is 23.6 Å². The molecule has 1 aromatic carbocycles. The molecule has 0 spiro atoms. The van der Waals surface area contributed by atoms with Crippen LogP contribution in [0.15, 0.2) is 22.7 Å². The normalized spacial score (nSPS) is 31.1. The number of benzene rings is 1. The van der Waals surface area contributed by atoms with E-state index in [0.29, 0.717) is 11.5 Å². The highest BCUT2D eigenvalue weighted by atomic mass is 79.9. The molecule has 2 fully saturated rings. The van der Waals surface area contributed by atoms with Crippen LogP contribution in [0, 0.1) is 11.2 Å². The fraction of sp³-hybridized carbons (Fsp3) is 0.625. The van der Waals surface area contributed by atoms with Crippen molar-refractivity contribution in [2.75, 3.05) is 26.2 Å². The molecular weight excluding hydrogens is 319 g/mol. The van der Waals surface area contributed by atoms with Crippen LogP contribution in [0.25, 0.3) is 0 Å². The second-order valence-corrected chi connectivity index (χ2v) is 7.48. The Labute approximate surface area is 128 Å². The molecule has 2 saturated heterocycles. The fourth-order valence-electron chi connectivity index (χ4n) is 3.65. The van der Waals surface area contributed by atoms with E-state index in [9.17, 15) is 4.39 Å². The fourth-order valence-corrected chi connectivity index (χ4v) is 4.14. The lowest BCUT2D eigenvalue weighted by molar-refractivity contribution is 0.165. The van der Waals surface area contributed by atoms with Crippen molar-refractivity contribution in [1.82, 2.24) is 10.2 Å². The molecule has 2 unspecified atom stereocenters. The number of nitrogens with zero attached hydrogens (tertiary/aromatic N) is 1. The number of hydrogen-bond donors (Lipinski definition) is 1. The molecule has 2 aliphatic rings. The highest BCUT2D eigenvalue weighted by Crippen LogP contribution is 2.37. The number of nitrogens with one attached hydrogen (secondary N) is 1. The summed E-state index contributed by atoms with van der Waals surface area (Å²) in [7, 11) is 0. The Bertz CT molecular complexity index is 465. The lowest BCUT2D eigenvalue weighted by atomic mass is 9.88. The van der Waals surface area contributed by atoms with E-state index in [1.165, 1.54) is 18.9 Å². The van der Waals surface area contributed by atoms with E-state index in [0.717, 1.165) is 42.6 Å². The topological polar surface area (TPSA) is 15.3 Å². The third-order valence-corrected chi connectivity index (χ3v) is 5.13. The summed E-state index contributed by atoms with van der Waals surface area (Å²) in [4.78, 5) is 2.55. The first-order chi connectivity index (χ1) is 9.56. The Balaban J connectivity index is 1.78. The number of hydrogen-bond acceptors (Lipinski definition) is 2. The number of halogens is 2. The number of rotatable bonds is 3. The van der Waals surface area contributed by atoms with Crippen molar-refractivity contribution in [3.8, 4) is 0 Å². The quantitative estimate of drug-likeness (QED) is 0.901. The second kappa shape index (κ2) is 5.74. The molecule has 1 aromatic rings. The van der Waals surface area contributed by atoms with Gasteiger partial charge in [0.05, 0.1) is 0 Å². The molecule has 1 N–H and O–H groups in total. The van der Waals surface area contributed by atoms with Crippen molar-refractivity contribution >= 4 is 15.9 Å². The lowest BCUT2D eigenvalue weighted by Gasteiger charge is -2.33. The summed E-state index contributed by atoms with van der Waals surface area (Å²) in [5, 5.41) is 3.47. The Hall–Kier alpha value is -0.450. The van der Waals surface area contributed by atoms with Crippen molar-refractivity contribution < 1.29 is 4.39 Å². The zero-order valence-electron chi connectivity index (χ0n) is 12.0. The summed E-state index contributed by atoms with van der Waals surface area (Å²) in [5.74, 6) is -0.144. The van der Waals surface area contributed by atoms with Gasteiger partial charge in [0.25, 0.3) is 0 Å². The van der Waals surface area contributed by atoms with E-state index < -0.39 is 0 Å². The van der Waals surface area contributed by atoms with E-state index in [1.807, 2.05) is 0 Å². The van der Waals surface area contributed by atoms with Gasteiger partial charge in [0.1, 0.15) is 5.82 Å². The summed E-state index contributed by atoms with van der Waals surface area (Å²) in [6.45, 7) is 6.83. The molecule has 2 heterocycles. The molecule has 0 saturated carbocycles. The predicted molar refractivity (Wildman–Crippen MR) is 83.2 cm³/mol. The number of likely N-dealkylation sites (tertiary alicyclic amines) is 1. The monoisotopic (exact) mass is 340 g/mol. The summed E-state index contributed by atoms with van der Waals surface area (Å²) >= 11 is 3.41. The molecule has 20 heavy (non-hydrogen) atoms. The standard InChI is InChI=1S/C16H22BrFN2/c1-16(4-5-19-10-16)11-20-6-2-3-15(20)12-7-13(17)9-14(18)8-12/h7-9,15,19H,2-6,10-11H2,1H3. The van der Waals surface area contributed by atoms with Crippen LogP contribution in [0.4, 0.5) is 4.39 Å². The molecule has 0 aliphatic carbocycles. The smallest absolute Gasteiger partial charge is 0.124 e. The molecule has 0 amide bonds. The van der Waals surface area contributed by atoms with Gasteiger partial charge in [-0.25, -0.2) is 4.39 Å². The maximum Gasteiger partial charge on any atom is 0.124 e. The van der Waals surface area contributed by atoms with Crippen molar-refractivity contribution in [3.05, 3.63) is 34.1 Å². The van der Waals surface area contributed by atoms with Gasteiger partial charge in [-0.2, -0.15) is 0 Å². The first kappa shape index (κ1) is 14.5. The van der Waals surface area contributed by atoms with Crippen molar-refractivity contribution in [2.45, 2.75) is 32.2 Å². The predicted octanol–water partition coefficient (Wildman–Crippen LogP) is 3.72. The van der Waals surface area contributed by atoms with Crippen LogP contribution in [-0.4, -0.2) is 31.1 Å². The van der Waals surface area contributed by atoms with Crippen LogP contribution in [0.1, 0.15) is 37.8 Å². The molecule has 2 nitrogen and oxygen atoms in total. The van der Waals surface area contributed by atoms with Crippen LogP contribution in [-0.2, 0) is 0 Å². The molecular formula is C16H22BrFN2. The van der Waals surface area contributed by atoms with Crippen LogP contribution in [0.3, 0.4) is 0 Å². The van der Waals surface area contributed by atoms with E-state index in [4.69, 9.17) is 0 Å². The van der Waals surface area contributed by atoms with E-state index >= 15 is 0 Å². The van der Waals surface area contributed by atoms with Gasteiger partial charge >= 0.3 is 0 Å². The zero-order chi connectivity index (χ0) is 14.2. The minimum Gasteiger partial charge on any atom is -0.316 e. The average molecular weight is 341 g/mol. The van der Waals surface area contributed by atoms with Crippen LogP contribution < -0.4 is 5.32 Å². The molecule has 0 aromatic heterocycles. The van der Waals surface area contributed by atoms with Crippen molar-refractivity contribution in [2.24, 2.45) is 5.41 Å². The van der Waals surface area contributed by atoms with Crippen LogP contribution in [0.5, 0.6) is 0 Å². The summed E-state index contributed by atoms with van der Waals surface area (Å²) < 4.78 is 14.5. The van der Waals surface area contributed by atoms with Crippen molar-refractivity contribution in [3.63, 3.8) is 0 Å². The van der Waals surface area contributed by atoms with E-state index in [1.54, 1.807) is 6.07 Å². The molecule has 0 radical (unpaired) electrons. The first-order valence-electron chi connectivity index (χ1n) is 7.47. The molecule has 2 atom stereocenters. The maximum atomic E-state index is 13.6. The summed E-state index contributed by atoms with van der Waals surface area (Å²) in [6, 6.07) is 5.68. The third-order valence-electron chi connectivity index (χ3n) is 4.68. The highest BCUT2D eigenvalue weighted by molar-refractivity contribution is 9.10. The van der Waals surface area contributed by atoms with Crippen molar-refractivity contribution in [1.29, 1.82) is 0 Å². The molecule has 2 aliphatic heterocycles. The van der Waals surface area contributed by atoms with Crippen LogP contribution in [0.2, 0.25) is 0 Å². The van der Waals surface area contributed by atoms with Gasteiger partial charge in [0.2, 0.25) is 0 Å². The Morgan fingerprint density at radius 3 is 3.00 bits per heavy atom. The Kier molecular flexibility index (Phi) is 4.16. The van der Waals surface area contributed by atoms with E-state index in [2.05, 4.69) is 39.1 Å². The summed E-state index contributed by atoms with van der Waals surface area (Å²) in [5.41, 5.74) is 1.48. The summed E-state index contributed by atoms with van der Waals surface area (Å²) in [6.07, 6.45) is 3.59. The Morgan fingerprint density at radius 1 is 1.45 bits per heavy atom. The van der Waals surface area contributed by atoms with E-state index in [-0.39, 0.29) is 5.82 Å². The lowest BCUT2D eigenvalue weighted by Crippen LogP contribution is -2.37. The minimum atomic E-state index is -0.144. The van der Waals surface area contributed by atoms with Gasteiger partial charge in [-0.15, -0.1) is 0 Å². The molecule has 0 bridgehead atoms. The maximum absolute atomic E-state index is 13.6. The molecule has 4 heteroatoms. The zero-order valence-corrected chi connectivity index (χ0v) is 13.5. The first-order valence-corrected chi connectivity index (χ1v) is 8.26. The largest absolute Gasteiger partial charge is 0.316 e. The SMILES string of the molecule is CC1(CN2CCCC2c2cc(F)cc(Br)c2)CCNC1. The third kappa shape index (κ3) is 3.07. The molecule has 110 valence electrons. The van der Waals surface area contributed by atoms with Gasteiger partial charge in [0.15, 0.2) is 0 Å². The van der Waals surface area contributed by atoms with Gasteiger partial charge in [-0.1, -0.05) is 22.9 Å². The minimum absolute atomic E-state index is 0.144. The average Bonchev–Trinajstić information content (AvgIpc) is 2.98. The second-order valence-electron chi connectivity index (χ2n) is 6.57. The van der Waals surface area contributed by atoms with Gasteiger partial charge < -0.3 is 5.32 Å².